The van der Waals surface area contributed by atoms with Crippen molar-refractivity contribution in [3.8, 4) is 29.0 Å². The highest BCUT2D eigenvalue weighted by Gasteiger charge is 2.30. The minimum atomic E-state index is -1.73. The predicted octanol–water partition coefficient (Wildman–Crippen LogP) is 1.41. The van der Waals surface area contributed by atoms with Gasteiger partial charge in [0.2, 0.25) is 0 Å². The largest absolute Gasteiger partial charge is 0.491 e. The van der Waals surface area contributed by atoms with Crippen molar-refractivity contribution in [1.82, 2.24) is 14.9 Å². The number of ether oxygens (including phenoxy) is 1. The third-order valence-corrected chi connectivity index (χ3v) is 4.91. The molecular formula is C23H22FN5O4. The molecule has 2 amide bonds. The molecule has 1 atom stereocenters. The van der Waals surface area contributed by atoms with Crippen molar-refractivity contribution in [3.05, 3.63) is 59.3 Å². The summed E-state index contributed by atoms with van der Waals surface area (Å²) in [6, 6.07) is 2.50. The van der Waals surface area contributed by atoms with Crippen LogP contribution < -0.4 is 15.8 Å². The zero-order valence-corrected chi connectivity index (χ0v) is 18.1. The molecule has 1 aliphatic heterocycles. The molecule has 0 spiro atoms. The van der Waals surface area contributed by atoms with Crippen LogP contribution in [0.3, 0.4) is 0 Å². The third kappa shape index (κ3) is 4.40. The molecule has 1 unspecified atom stereocenters. The summed E-state index contributed by atoms with van der Waals surface area (Å²) < 4.78 is 21.9. The first-order valence-electron chi connectivity index (χ1n) is 9.79. The maximum Gasteiger partial charge on any atom is 0.270 e. The van der Waals surface area contributed by atoms with E-state index in [1.54, 1.807) is 0 Å². The summed E-state index contributed by atoms with van der Waals surface area (Å²) in [7, 11) is 1.41. The first-order valence-corrected chi connectivity index (χ1v) is 9.79. The van der Waals surface area contributed by atoms with Gasteiger partial charge < -0.3 is 25.5 Å². The standard InChI is InChI=1S/C23H22FN5O4/c1-5-6-17(26-3)23(2,32)8-7-13-11-14-16(12-15(13)24)33-10-9-29-19(22(31)27-4)18(20(25)30)28-21(14)29/h5-6,11-12,32H,1,3,9-10H2,2,4H3,(H2,25,30)(H,27,31)/b17-6-. The summed E-state index contributed by atoms with van der Waals surface area (Å²) in [5, 5.41) is 13.1. The van der Waals surface area contributed by atoms with Gasteiger partial charge in [-0.2, -0.15) is 0 Å². The Labute approximate surface area is 189 Å². The molecule has 9 nitrogen and oxygen atoms in total. The van der Waals surface area contributed by atoms with Crippen LogP contribution in [0.1, 0.15) is 33.5 Å². The number of amides is 2. The van der Waals surface area contributed by atoms with Crippen LogP contribution in [0, 0.1) is 17.7 Å². The van der Waals surface area contributed by atoms with Crippen LogP contribution in [0.25, 0.3) is 11.4 Å². The molecule has 0 fully saturated rings. The lowest BCUT2D eigenvalue weighted by atomic mass is 10.0. The zero-order valence-electron chi connectivity index (χ0n) is 18.1. The topological polar surface area (TPSA) is 132 Å². The second-order valence-corrected chi connectivity index (χ2v) is 7.17. The van der Waals surface area contributed by atoms with Gasteiger partial charge in [-0.05, 0) is 25.8 Å². The van der Waals surface area contributed by atoms with Crippen LogP contribution in [0.15, 0.2) is 41.6 Å². The number of rotatable bonds is 5. The van der Waals surface area contributed by atoms with Crippen LogP contribution in [0.4, 0.5) is 4.39 Å². The summed E-state index contributed by atoms with van der Waals surface area (Å²) in [5.74, 6) is 3.40. The minimum Gasteiger partial charge on any atom is -0.491 e. The number of carbonyl (C=O) groups is 2. The summed E-state index contributed by atoms with van der Waals surface area (Å²) in [6.45, 7) is 8.59. The maximum absolute atomic E-state index is 14.8. The van der Waals surface area contributed by atoms with Crippen LogP contribution in [-0.2, 0) is 6.54 Å². The number of imidazole rings is 1. The van der Waals surface area contributed by atoms with Gasteiger partial charge in [0.25, 0.3) is 11.8 Å². The Kier molecular flexibility index (Phi) is 6.46. The molecule has 1 aromatic heterocycles. The number of hydrogen-bond donors (Lipinski definition) is 3. The van der Waals surface area contributed by atoms with E-state index in [1.807, 2.05) is 0 Å². The molecule has 0 saturated carbocycles. The number of carbonyl (C=O) groups excluding carboxylic acids is 2. The molecule has 1 aromatic carbocycles. The van der Waals surface area contributed by atoms with Gasteiger partial charge >= 0.3 is 0 Å². The van der Waals surface area contributed by atoms with Crippen LogP contribution in [-0.4, -0.2) is 52.4 Å². The summed E-state index contributed by atoms with van der Waals surface area (Å²) in [4.78, 5) is 32.3. The second kappa shape index (κ2) is 9.10. The Bertz CT molecular complexity index is 1260. The van der Waals surface area contributed by atoms with E-state index in [0.717, 1.165) is 6.07 Å². The van der Waals surface area contributed by atoms with Crippen molar-refractivity contribution in [2.75, 3.05) is 13.7 Å². The Balaban J connectivity index is 2.20. The first kappa shape index (κ1) is 23.4. The van der Waals surface area contributed by atoms with Crippen molar-refractivity contribution < 1.29 is 23.8 Å². The molecule has 0 radical (unpaired) electrons. The highest BCUT2D eigenvalue weighted by molar-refractivity contribution is 6.05. The maximum atomic E-state index is 14.8. The monoisotopic (exact) mass is 451 g/mol. The van der Waals surface area contributed by atoms with Gasteiger partial charge in [0.1, 0.15) is 29.7 Å². The number of benzene rings is 1. The van der Waals surface area contributed by atoms with Crippen molar-refractivity contribution in [2.24, 2.45) is 10.7 Å². The van der Waals surface area contributed by atoms with Crippen molar-refractivity contribution in [2.45, 2.75) is 19.1 Å². The highest BCUT2D eigenvalue weighted by Crippen LogP contribution is 2.35. The lowest BCUT2D eigenvalue weighted by Crippen LogP contribution is -2.26. The molecule has 0 saturated heterocycles. The van der Waals surface area contributed by atoms with Crippen LogP contribution >= 0.6 is 0 Å². The lowest BCUT2D eigenvalue weighted by molar-refractivity contribution is 0.0933. The second-order valence-electron chi connectivity index (χ2n) is 7.17. The van der Waals surface area contributed by atoms with Crippen molar-refractivity contribution >= 4 is 18.5 Å². The van der Waals surface area contributed by atoms with Gasteiger partial charge in [-0.25, -0.2) is 9.37 Å². The number of allylic oxidation sites excluding steroid dienone is 2. The van der Waals surface area contributed by atoms with E-state index in [9.17, 15) is 19.1 Å². The Morgan fingerprint density at radius 1 is 1.48 bits per heavy atom. The van der Waals surface area contributed by atoms with Gasteiger partial charge in [-0.1, -0.05) is 24.5 Å². The number of nitrogens with zero attached hydrogens (tertiary/aromatic N) is 3. The van der Waals surface area contributed by atoms with E-state index in [1.165, 1.54) is 36.8 Å². The van der Waals surface area contributed by atoms with Crippen molar-refractivity contribution in [3.63, 3.8) is 0 Å². The fraction of sp³-hybridized carbons (Fsp3) is 0.217. The smallest absolute Gasteiger partial charge is 0.270 e. The molecule has 33 heavy (non-hydrogen) atoms. The Hall–Kier alpha value is -4.23. The fourth-order valence-electron chi connectivity index (χ4n) is 3.32. The van der Waals surface area contributed by atoms with E-state index in [4.69, 9.17) is 10.5 Å². The zero-order chi connectivity index (χ0) is 24.3. The summed E-state index contributed by atoms with van der Waals surface area (Å²) in [5.41, 5.74) is 3.84. The molecule has 0 bridgehead atoms. The quantitative estimate of drug-likeness (QED) is 0.359. The molecule has 170 valence electrons. The van der Waals surface area contributed by atoms with E-state index in [0.29, 0.717) is 5.56 Å². The summed E-state index contributed by atoms with van der Waals surface area (Å²) >= 11 is 0. The van der Waals surface area contributed by atoms with Crippen molar-refractivity contribution in [1.29, 1.82) is 0 Å². The minimum absolute atomic E-state index is 0.0207. The number of aliphatic hydroxyl groups is 1. The summed E-state index contributed by atoms with van der Waals surface area (Å²) in [6.07, 6.45) is 2.85. The van der Waals surface area contributed by atoms with Gasteiger partial charge in [-0.15, -0.1) is 0 Å². The third-order valence-electron chi connectivity index (χ3n) is 4.91. The molecule has 3 rings (SSSR count). The Morgan fingerprint density at radius 2 is 2.21 bits per heavy atom. The predicted molar refractivity (Wildman–Crippen MR) is 120 cm³/mol. The molecular weight excluding hydrogens is 429 g/mol. The number of nitrogens with one attached hydrogen (secondary N) is 1. The lowest BCUT2D eigenvalue weighted by Gasteiger charge is -2.16. The van der Waals surface area contributed by atoms with Gasteiger partial charge in [0.05, 0.1) is 23.4 Å². The fourth-order valence-corrected chi connectivity index (χ4v) is 3.32. The first-order chi connectivity index (χ1) is 15.6. The number of aromatic nitrogens is 2. The van der Waals surface area contributed by atoms with E-state index in [2.05, 4.69) is 40.4 Å². The number of hydrogen-bond acceptors (Lipinski definition) is 6. The molecule has 1 aliphatic rings. The van der Waals surface area contributed by atoms with Gasteiger partial charge in [-0.3, -0.25) is 14.6 Å². The normalized spacial score (nSPS) is 14.2. The van der Waals surface area contributed by atoms with E-state index >= 15 is 0 Å². The number of halogens is 1. The van der Waals surface area contributed by atoms with Gasteiger partial charge in [0.15, 0.2) is 11.3 Å². The average Bonchev–Trinajstić information content (AvgIpc) is 3.07. The molecule has 2 heterocycles. The number of nitrogens with two attached hydrogens (primary N) is 1. The SMILES string of the molecule is C=C/C=C(\N=C)C(C)(O)C#Cc1cc2c(cc1F)OCCn1c-2nc(C(N)=O)c1C(=O)NC. The Morgan fingerprint density at radius 3 is 2.82 bits per heavy atom. The van der Waals surface area contributed by atoms with Crippen LogP contribution in [0.5, 0.6) is 5.75 Å². The van der Waals surface area contributed by atoms with E-state index < -0.39 is 23.2 Å². The van der Waals surface area contributed by atoms with Gasteiger partial charge in [0, 0.05) is 13.1 Å². The number of fused-ring (bicyclic) bond motifs is 3. The average molecular weight is 451 g/mol. The molecule has 2 aromatic rings. The molecule has 0 aliphatic carbocycles. The molecule has 4 N–H and O–H groups in total. The molecule has 10 heteroatoms. The highest BCUT2D eigenvalue weighted by atomic mass is 19.1. The van der Waals surface area contributed by atoms with E-state index in [-0.39, 0.29) is 47.4 Å². The van der Waals surface area contributed by atoms with Crippen LogP contribution in [0.2, 0.25) is 0 Å². The number of primary amides is 1. The number of aliphatic imine (C=N–C) groups is 1.